The Kier molecular flexibility index (Phi) is 5.23. The van der Waals surface area contributed by atoms with Crippen LogP contribution in [0.25, 0.3) is 0 Å². The molecule has 6 heteroatoms. The molecular formula is C20H20N2O3S. The molecule has 26 heavy (non-hydrogen) atoms. The maximum atomic E-state index is 13.3. The number of aromatic nitrogens is 1. The first-order chi connectivity index (χ1) is 12.5. The van der Waals surface area contributed by atoms with Gasteiger partial charge in [-0.25, -0.2) is 0 Å². The smallest absolute Gasteiger partial charge is 0.190 e. The Labute approximate surface area is 156 Å². The maximum Gasteiger partial charge on any atom is 0.190 e. The summed E-state index contributed by atoms with van der Waals surface area (Å²) in [5, 5.41) is 10.1. The van der Waals surface area contributed by atoms with E-state index in [0.717, 1.165) is 17.0 Å². The van der Waals surface area contributed by atoms with Gasteiger partial charge in [-0.15, -0.1) is 11.3 Å². The van der Waals surface area contributed by atoms with E-state index < -0.39 is 6.04 Å². The largest absolute Gasteiger partial charge is 0.497 e. The summed E-state index contributed by atoms with van der Waals surface area (Å²) in [6.07, 6.45) is 0. The van der Waals surface area contributed by atoms with E-state index in [2.05, 4.69) is 0 Å². The number of nitrogens with one attached hydrogen (secondary N) is 1. The molecule has 0 radical (unpaired) electrons. The fraction of sp³-hybridized carbons (Fsp3) is 0.200. The van der Waals surface area contributed by atoms with Gasteiger partial charge in [-0.3, -0.25) is 10.2 Å². The molecule has 3 rings (SSSR count). The second-order valence-corrected chi connectivity index (χ2v) is 6.68. The van der Waals surface area contributed by atoms with Crippen LogP contribution in [0.3, 0.4) is 0 Å². The van der Waals surface area contributed by atoms with E-state index in [1.165, 1.54) is 11.3 Å². The normalized spacial score (nSPS) is 11.8. The van der Waals surface area contributed by atoms with Crippen molar-refractivity contribution < 1.29 is 14.3 Å². The van der Waals surface area contributed by atoms with E-state index in [1.54, 1.807) is 43.1 Å². The monoisotopic (exact) mass is 368 g/mol. The highest BCUT2D eigenvalue weighted by molar-refractivity contribution is 7.07. The third-order valence-corrected chi connectivity index (χ3v) is 5.13. The Morgan fingerprint density at radius 1 is 1.00 bits per heavy atom. The number of carbonyl (C=O) groups excluding carboxylic acids is 1. The van der Waals surface area contributed by atoms with Gasteiger partial charge in [-0.2, -0.15) is 0 Å². The zero-order valence-electron chi connectivity index (χ0n) is 14.9. The van der Waals surface area contributed by atoms with Crippen LogP contribution in [-0.2, 0) is 0 Å². The van der Waals surface area contributed by atoms with Crippen molar-refractivity contribution in [2.75, 3.05) is 14.2 Å². The summed E-state index contributed by atoms with van der Waals surface area (Å²) in [5.74, 6) is 1.35. The molecule has 0 spiro atoms. The molecule has 0 saturated heterocycles. The molecule has 0 amide bonds. The van der Waals surface area contributed by atoms with Gasteiger partial charge in [0.1, 0.15) is 17.5 Å². The van der Waals surface area contributed by atoms with Gasteiger partial charge in [0.15, 0.2) is 10.6 Å². The van der Waals surface area contributed by atoms with E-state index in [4.69, 9.17) is 14.9 Å². The summed E-state index contributed by atoms with van der Waals surface area (Å²) in [5.41, 5.74) is 2.26. The van der Waals surface area contributed by atoms with E-state index >= 15 is 0 Å². The van der Waals surface area contributed by atoms with Crippen LogP contribution in [0.1, 0.15) is 27.7 Å². The Morgan fingerprint density at radius 3 is 2.00 bits per heavy atom. The lowest BCUT2D eigenvalue weighted by molar-refractivity contribution is 0.0943. The van der Waals surface area contributed by atoms with Crippen LogP contribution in [0.4, 0.5) is 0 Å². The van der Waals surface area contributed by atoms with Gasteiger partial charge in [0.2, 0.25) is 0 Å². The molecule has 0 aliphatic heterocycles. The number of ketones is 1. The second kappa shape index (κ2) is 7.58. The number of aryl methyl sites for hydroxylation is 1. The van der Waals surface area contributed by atoms with Crippen LogP contribution in [0, 0.1) is 12.3 Å². The van der Waals surface area contributed by atoms with Gasteiger partial charge < -0.3 is 14.0 Å². The Bertz CT molecular complexity index is 956. The number of methoxy groups -OCH3 is 2. The Hall–Kier alpha value is -2.86. The summed E-state index contributed by atoms with van der Waals surface area (Å²) in [6, 6.07) is 13.8. The number of rotatable bonds is 6. The molecule has 1 aromatic heterocycles. The molecule has 3 aromatic rings. The Balaban J connectivity index is 2.10. The molecule has 0 bridgehead atoms. The van der Waals surface area contributed by atoms with Gasteiger partial charge in [-0.05, 0) is 48.9 Å². The van der Waals surface area contributed by atoms with Gasteiger partial charge in [0.25, 0.3) is 0 Å². The lowest BCUT2D eigenvalue weighted by atomic mass is 9.96. The van der Waals surface area contributed by atoms with Crippen molar-refractivity contribution in [1.29, 1.82) is 5.41 Å². The highest BCUT2D eigenvalue weighted by atomic mass is 32.1. The van der Waals surface area contributed by atoms with Crippen LogP contribution in [0.15, 0.2) is 53.9 Å². The third-order valence-electron chi connectivity index (χ3n) is 4.25. The van der Waals surface area contributed by atoms with Crippen LogP contribution in [0.5, 0.6) is 11.5 Å². The molecule has 0 saturated carbocycles. The number of carbonyl (C=O) groups is 1. The van der Waals surface area contributed by atoms with Crippen molar-refractivity contribution in [2.45, 2.75) is 13.0 Å². The molecule has 0 aliphatic rings. The second-order valence-electron chi connectivity index (χ2n) is 5.82. The van der Waals surface area contributed by atoms with E-state index in [-0.39, 0.29) is 5.78 Å². The number of benzene rings is 2. The van der Waals surface area contributed by atoms with E-state index in [0.29, 0.717) is 16.1 Å². The topological polar surface area (TPSA) is 64.3 Å². The van der Waals surface area contributed by atoms with Crippen molar-refractivity contribution in [2.24, 2.45) is 0 Å². The zero-order chi connectivity index (χ0) is 18.7. The van der Waals surface area contributed by atoms with Crippen molar-refractivity contribution in [1.82, 2.24) is 4.57 Å². The molecule has 134 valence electrons. The molecule has 2 aromatic carbocycles. The third kappa shape index (κ3) is 3.41. The minimum atomic E-state index is -0.604. The zero-order valence-corrected chi connectivity index (χ0v) is 15.7. The van der Waals surface area contributed by atoms with Crippen LogP contribution < -0.4 is 14.3 Å². The predicted molar refractivity (Wildman–Crippen MR) is 101 cm³/mol. The predicted octanol–water partition coefficient (Wildman–Crippen LogP) is 3.83. The van der Waals surface area contributed by atoms with Gasteiger partial charge in [0, 0.05) is 16.6 Å². The maximum absolute atomic E-state index is 13.3. The number of Topliss-reactive ketones (excluding diaryl/α,β-unsaturated/α-hetero) is 1. The first-order valence-corrected chi connectivity index (χ1v) is 8.96. The first-order valence-electron chi connectivity index (χ1n) is 8.08. The van der Waals surface area contributed by atoms with Gasteiger partial charge in [-0.1, -0.05) is 12.1 Å². The molecule has 0 fully saturated rings. The summed E-state index contributed by atoms with van der Waals surface area (Å²) in [7, 11) is 3.20. The minimum absolute atomic E-state index is 0.0715. The lowest BCUT2D eigenvalue weighted by Crippen LogP contribution is -2.28. The fourth-order valence-electron chi connectivity index (χ4n) is 2.85. The van der Waals surface area contributed by atoms with Crippen molar-refractivity contribution in [3.63, 3.8) is 0 Å². The van der Waals surface area contributed by atoms with Crippen molar-refractivity contribution in [3.8, 4) is 11.5 Å². The van der Waals surface area contributed by atoms with Crippen LogP contribution in [0.2, 0.25) is 0 Å². The molecular weight excluding hydrogens is 348 g/mol. The molecule has 1 heterocycles. The van der Waals surface area contributed by atoms with E-state index in [9.17, 15) is 4.79 Å². The van der Waals surface area contributed by atoms with Gasteiger partial charge in [0.05, 0.1) is 14.2 Å². The lowest BCUT2D eigenvalue weighted by Gasteiger charge is -2.20. The minimum Gasteiger partial charge on any atom is -0.497 e. The number of ether oxygens (including phenoxy) is 2. The number of nitrogens with zero attached hydrogens (tertiary/aromatic N) is 1. The number of thiazole rings is 1. The van der Waals surface area contributed by atoms with Crippen LogP contribution in [-0.4, -0.2) is 24.6 Å². The molecule has 5 nitrogen and oxygen atoms in total. The fourth-order valence-corrected chi connectivity index (χ4v) is 3.61. The van der Waals surface area contributed by atoms with Crippen LogP contribution >= 0.6 is 11.3 Å². The Morgan fingerprint density at radius 2 is 1.54 bits per heavy atom. The van der Waals surface area contributed by atoms with Crippen molar-refractivity contribution in [3.05, 3.63) is 75.5 Å². The SMILES string of the molecule is COc1ccc(C(=O)C(c2ccc(OC)cc2)n2c(C)csc2=N)cc1. The highest BCUT2D eigenvalue weighted by Crippen LogP contribution is 2.27. The molecule has 1 N–H and O–H groups in total. The molecule has 1 unspecified atom stereocenters. The average molecular weight is 368 g/mol. The standard InChI is InChI=1S/C20H20N2O3S/c1-13-12-26-20(21)22(13)18(14-4-8-16(24-2)9-5-14)19(23)15-6-10-17(25-3)11-7-15/h4-12,18,21H,1-3H3. The summed E-state index contributed by atoms with van der Waals surface area (Å²) < 4.78 is 12.2. The summed E-state index contributed by atoms with van der Waals surface area (Å²) in [4.78, 5) is 13.7. The summed E-state index contributed by atoms with van der Waals surface area (Å²) >= 11 is 1.31. The van der Waals surface area contributed by atoms with Gasteiger partial charge >= 0.3 is 0 Å². The average Bonchev–Trinajstić information content (AvgIpc) is 3.01. The number of hydrogen-bond donors (Lipinski definition) is 1. The first kappa shape index (κ1) is 17.9. The quantitative estimate of drug-likeness (QED) is 0.673. The summed E-state index contributed by atoms with van der Waals surface area (Å²) in [6.45, 7) is 1.91. The highest BCUT2D eigenvalue weighted by Gasteiger charge is 2.26. The van der Waals surface area contributed by atoms with Crippen molar-refractivity contribution >= 4 is 17.1 Å². The van der Waals surface area contributed by atoms with E-state index in [1.807, 2.05) is 36.6 Å². The molecule has 1 atom stereocenters. The number of hydrogen-bond acceptors (Lipinski definition) is 5. The molecule has 0 aliphatic carbocycles.